The SMILES string of the molecule is Cc1c(C)c(C)c(S(=O)(=O)N(C)Cc2cccnc2)c(C)c1C. The molecule has 2 rings (SSSR count). The fourth-order valence-electron chi connectivity index (χ4n) is 2.84. The molecule has 0 aliphatic heterocycles. The molecule has 5 heteroatoms. The summed E-state index contributed by atoms with van der Waals surface area (Å²) in [5.74, 6) is 0. The summed E-state index contributed by atoms with van der Waals surface area (Å²) in [5.41, 5.74) is 5.79. The average molecular weight is 332 g/mol. The third-order valence-corrected chi connectivity index (χ3v) is 6.81. The Kier molecular flexibility index (Phi) is 4.92. The topological polar surface area (TPSA) is 50.3 Å². The summed E-state index contributed by atoms with van der Waals surface area (Å²) < 4.78 is 27.6. The second-order valence-corrected chi connectivity index (χ2v) is 8.06. The maximum atomic E-state index is 13.1. The van der Waals surface area contributed by atoms with Gasteiger partial charge in [-0.15, -0.1) is 0 Å². The first-order chi connectivity index (χ1) is 10.7. The van der Waals surface area contributed by atoms with Gasteiger partial charge < -0.3 is 0 Å². The number of sulfonamides is 1. The molecule has 0 amide bonds. The van der Waals surface area contributed by atoms with Crippen LogP contribution in [-0.4, -0.2) is 24.8 Å². The molecule has 1 heterocycles. The molecular formula is C18H24N2O2S. The van der Waals surface area contributed by atoms with Crippen LogP contribution in [0.3, 0.4) is 0 Å². The third kappa shape index (κ3) is 3.16. The van der Waals surface area contributed by atoms with Crippen LogP contribution >= 0.6 is 0 Å². The molecule has 0 aliphatic rings. The van der Waals surface area contributed by atoms with Gasteiger partial charge in [-0.2, -0.15) is 4.31 Å². The van der Waals surface area contributed by atoms with E-state index >= 15 is 0 Å². The highest BCUT2D eigenvalue weighted by Gasteiger charge is 2.27. The van der Waals surface area contributed by atoms with Crippen LogP contribution < -0.4 is 0 Å². The Balaban J connectivity index is 2.52. The van der Waals surface area contributed by atoms with Crippen LogP contribution in [-0.2, 0) is 16.6 Å². The van der Waals surface area contributed by atoms with E-state index < -0.39 is 10.0 Å². The van der Waals surface area contributed by atoms with Gasteiger partial charge in [0.2, 0.25) is 10.0 Å². The predicted molar refractivity (Wildman–Crippen MR) is 93.0 cm³/mol. The van der Waals surface area contributed by atoms with E-state index in [1.54, 1.807) is 19.4 Å². The van der Waals surface area contributed by atoms with Crippen LogP contribution in [0.25, 0.3) is 0 Å². The van der Waals surface area contributed by atoms with E-state index in [1.807, 2.05) is 46.8 Å². The molecule has 2 aromatic rings. The van der Waals surface area contributed by atoms with Crippen LogP contribution in [0.15, 0.2) is 29.4 Å². The first kappa shape index (κ1) is 17.6. The van der Waals surface area contributed by atoms with Crippen LogP contribution in [0, 0.1) is 34.6 Å². The molecule has 124 valence electrons. The molecule has 0 aliphatic carbocycles. The minimum absolute atomic E-state index is 0.307. The molecule has 23 heavy (non-hydrogen) atoms. The van der Waals surface area contributed by atoms with Crippen LogP contribution in [0.1, 0.15) is 33.4 Å². The van der Waals surface area contributed by atoms with Gasteiger partial charge in [-0.05, 0) is 74.1 Å². The van der Waals surface area contributed by atoms with E-state index in [2.05, 4.69) is 4.98 Å². The molecule has 0 saturated carbocycles. The first-order valence-corrected chi connectivity index (χ1v) is 9.04. The van der Waals surface area contributed by atoms with Gasteiger partial charge in [0.15, 0.2) is 0 Å². The number of nitrogens with zero attached hydrogens (tertiary/aromatic N) is 2. The second kappa shape index (κ2) is 6.42. The number of benzene rings is 1. The van der Waals surface area contributed by atoms with Gasteiger partial charge in [0.1, 0.15) is 0 Å². The van der Waals surface area contributed by atoms with Crippen molar-refractivity contribution in [2.45, 2.75) is 46.1 Å². The lowest BCUT2D eigenvalue weighted by Crippen LogP contribution is -2.28. The normalized spacial score (nSPS) is 12.0. The van der Waals surface area contributed by atoms with Gasteiger partial charge in [0.05, 0.1) is 4.90 Å². The largest absolute Gasteiger partial charge is 0.264 e. The molecule has 0 spiro atoms. The zero-order valence-electron chi connectivity index (χ0n) is 14.6. The number of hydrogen-bond donors (Lipinski definition) is 0. The minimum Gasteiger partial charge on any atom is -0.264 e. The van der Waals surface area contributed by atoms with E-state index in [0.29, 0.717) is 11.4 Å². The summed E-state index contributed by atoms with van der Waals surface area (Å²) in [7, 11) is -1.94. The molecule has 1 aromatic carbocycles. The Morgan fingerprint density at radius 3 is 1.96 bits per heavy atom. The maximum absolute atomic E-state index is 13.1. The van der Waals surface area contributed by atoms with Crippen molar-refractivity contribution < 1.29 is 8.42 Å². The Morgan fingerprint density at radius 2 is 1.48 bits per heavy atom. The van der Waals surface area contributed by atoms with Gasteiger partial charge in [0, 0.05) is 26.0 Å². The van der Waals surface area contributed by atoms with Crippen molar-refractivity contribution in [2.24, 2.45) is 0 Å². The molecule has 0 unspecified atom stereocenters. The molecule has 1 aromatic heterocycles. The standard InChI is InChI=1S/C18H24N2O2S/c1-12-13(2)15(4)18(16(5)14(12)3)23(21,22)20(6)11-17-8-7-9-19-10-17/h7-10H,11H2,1-6H3. The Bertz CT molecular complexity index is 799. The minimum atomic E-state index is -3.55. The Hall–Kier alpha value is -1.72. The maximum Gasteiger partial charge on any atom is 0.243 e. The van der Waals surface area contributed by atoms with Crippen LogP contribution in [0.4, 0.5) is 0 Å². The fraction of sp³-hybridized carbons (Fsp3) is 0.389. The first-order valence-electron chi connectivity index (χ1n) is 7.60. The van der Waals surface area contributed by atoms with Gasteiger partial charge in [-0.3, -0.25) is 4.98 Å². The summed E-state index contributed by atoms with van der Waals surface area (Å²) in [5, 5.41) is 0. The quantitative estimate of drug-likeness (QED) is 0.862. The van der Waals surface area contributed by atoms with E-state index in [-0.39, 0.29) is 0 Å². The van der Waals surface area contributed by atoms with E-state index in [0.717, 1.165) is 33.4 Å². The zero-order valence-corrected chi connectivity index (χ0v) is 15.5. The highest BCUT2D eigenvalue weighted by Crippen LogP contribution is 2.31. The van der Waals surface area contributed by atoms with Crippen molar-refractivity contribution in [1.82, 2.24) is 9.29 Å². The summed E-state index contributed by atoms with van der Waals surface area (Å²) in [6, 6.07) is 3.69. The molecule has 0 N–H and O–H groups in total. The van der Waals surface area contributed by atoms with Crippen LogP contribution in [0.2, 0.25) is 0 Å². The lowest BCUT2D eigenvalue weighted by atomic mass is 9.95. The van der Waals surface area contributed by atoms with Crippen LogP contribution in [0.5, 0.6) is 0 Å². The average Bonchev–Trinajstić information content (AvgIpc) is 2.52. The summed E-state index contributed by atoms with van der Waals surface area (Å²) in [6.07, 6.45) is 3.37. The number of pyridine rings is 1. The number of aromatic nitrogens is 1. The molecule has 0 saturated heterocycles. The van der Waals surface area contributed by atoms with Crippen molar-refractivity contribution in [3.63, 3.8) is 0 Å². The smallest absolute Gasteiger partial charge is 0.243 e. The Labute approximate surface area is 139 Å². The van der Waals surface area contributed by atoms with E-state index in [4.69, 9.17) is 0 Å². The van der Waals surface area contributed by atoms with Crippen molar-refractivity contribution >= 4 is 10.0 Å². The molecule has 0 bridgehead atoms. The summed E-state index contributed by atoms with van der Waals surface area (Å²) >= 11 is 0. The highest BCUT2D eigenvalue weighted by atomic mass is 32.2. The third-order valence-electron chi connectivity index (χ3n) is 4.73. The number of hydrogen-bond acceptors (Lipinski definition) is 3. The molecular weight excluding hydrogens is 308 g/mol. The summed E-state index contributed by atoms with van der Waals surface area (Å²) in [4.78, 5) is 4.48. The monoisotopic (exact) mass is 332 g/mol. The zero-order chi connectivity index (χ0) is 17.4. The van der Waals surface area contributed by atoms with Gasteiger partial charge in [0.25, 0.3) is 0 Å². The van der Waals surface area contributed by atoms with Gasteiger partial charge in [-0.25, -0.2) is 8.42 Å². The van der Waals surface area contributed by atoms with Crippen molar-refractivity contribution in [1.29, 1.82) is 0 Å². The van der Waals surface area contributed by atoms with Crippen molar-refractivity contribution in [3.8, 4) is 0 Å². The Morgan fingerprint density at radius 1 is 0.957 bits per heavy atom. The van der Waals surface area contributed by atoms with E-state index in [9.17, 15) is 8.42 Å². The second-order valence-electron chi connectivity index (χ2n) is 6.08. The molecule has 4 nitrogen and oxygen atoms in total. The lowest BCUT2D eigenvalue weighted by Gasteiger charge is -2.23. The number of rotatable bonds is 4. The molecule has 0 fully saturated rings. The highest BCUT2D eigenvalue weighted by molar-refractivity contribution is 7.89. The van der Waals surface area contributed by atoms with E-state index in [1.165, 1.54) is 4.31 Å². The van der Waals surface area contributed by atoms with Gasteiger partial charge in [-0.1, -0.05) is 6.07 Å². The molecule has 0 radical (unpaired) electrons. The van der Waals surface area contributed by atoms with Crippen molar-refractivity contribution in [2.75, 3.05) is 7.05 Å². The lowest BCUT2D eigenvalue weighted by molar-refractivity contribution is 0.465. The summed E-state index contributed by atoms with van der Waals surface area (Å²) in [6.45, 7) is 10.1. The van der Waals surface area contributed by atoms with Gasteiger partial charge >= 0.3 is 0 Å². The van der Waals surface area contributed by atoms with Crippen molar-refractivity contribution in [3.05, 3.63) is 57.9 Å². The predicted octanol–water partition coefficient (Wildman–Crippen LogP) is 3.44. The molecule has 0 atom stereocenters. The fourth-order valence-corrected chi connectivity index (χ4v) is 4.55.